The maximum atomic E-state index is 12.1. The number of nitrogens with zero attached hydrogens (tertiary/aromatic N) is 1. The minimum absolute atomic E-state index is 0.196. The largest absolute Gasteiger partial charge is 0.387 e. The second-order valence-corrected chi connectivity index (χ2v) is 5.98. The van der Waals surface area contributed by atoms with Crippen LogP contribution in [-0.2, 0) is 4.79 Å². The lowest BCUT2D eigenvalue weighted by Gasteiger charge is -2.26. The lowest BCUT2D eigenvalue weighted by atomic mass is 10.1. The molecule has 2 rings (SSSR count). The highest BCUT2D eigenvalue weighted by Gasteiger charge is 2.30. The summed E-state index contributed by atoms with van der Waals surface area (Å²) in [6.07, 6.45) is 2.82. The number of thiophene rings is 1. The van der Waals surface area contributed by atoms with E-state index < -0.39 is 6.10 Å². The molecule has 4 nitrogen and oxygen atoms in total. The van der Waals surface area contributed by atoms with Crippen molar-refractivity contribution in [3.63, 3.8) is 0 Å². The van der Waals surface area contributed by atoms with Crippen LogP contribution in [0.3, 0.4) is 0 Å². The van der Waals surface area contributed by atoms with E-state index in [-0.39, 0.29) is 11.9 Å². The Labute approximate surface area is 118 Å². The number of hydrogen-bond donors (Lipinski definition) is 2. The number of rotatable bonds is 6. The number of carbonyl (C=O) groups excluding carboxylic acids is 1. The molecule has 19 heavy (non-hydrogen) atoms. The number of carbonyl (C=O) groups is 1. The van der Waals surface area contributed by atoms with Gasteiger partial charge in [-0.05, 0) is 37.8 Å². The monoisotopic (exact) mass is 282 g/mol. The van der Waals surface area contributed by atoms with E-state index in [1.165, 1.54) is 0 Å². The van der Waals surface area contributed by atoms with Crippen LogP contribution in [0.1, 0.15) is 36.7 Å². The van der Waals surface area contributed by atoms with Crippen LogP contribution < -0.4 is 5.32 Å². The molecule has 1 saturated heterocycles. The fourth-order valence-corrected chi connectivity index (χ4v) is 3.36. The van der Waals surface area contributed by atoms with Gasteiger partial charge in [0.15, 0.2) is 0 Å². The molecule has 1 fully saturated rings. The van der Waals surface area contributed by atoms with Crippen LogP contribution in [0, 0.1) is 0 Å². The van der Waals surface area contributed by atoms with Gasteiger partial charge in [-0.2, -0.15) is 0 Å². The van der Waals surface area contributed by atoms with Gasteiger partial charge in [-0.1, -0.05) is 6.07 Å². The molecular weight excluding hydrogens is 260 g/mol. The Kier molecular flexibility index (Phi) is 5.36. The molecule has 1 aromatic rings. The summed E-state index contributed by atoms with van der Waals surface area (Å²) in [6.45, 7) is 1.56. The van der Waals surface area contributed by atoms with Gasteiger partial charge < -0.3 is 15.3 Å². The molecule has 2 heterocycles. The van der Waals surface area contributed by atoms with Gasteiger partial charge in [0.05, 0.1) is 6.10 Å². The summed E-state index contributed by atoms with van der Waals surface area (Å²) in [5.41, 5.74) is 0. The molecule has 1 aliphatic rings. The lowest BCUT2D eigenvalue weighted by molar-refractivity contribution is -0.132. The first kappa shape index (κ1) is 14.5. The number of hydrogen-bond acceptors (Lipinski definition) is 4. The summed E-state index contributed by atoms with van der Waals surface area (Å²) in [4.78, 5) is 15.0. The highest BCUT2D eigenvalue weighted by Crippen LogP contribution is 2.29. The molecule has 5 heteroatoms. The molecule has 0 radical (unpaired) electrons. The third-order valence-electron chi connectivity index (χ3n) is 3.65. The zero-order chi connectivity index (χ0) is 13.7. The van der Waals surface area contributed by atoms with Crippen LogP contribution in [0.25, 0.3) is 0 Å². The van der Waals surface area contributed by atoms with Crippen LogP contribution >= 0.6 is 11.3 Å². The maximum Gasteiger partial charge on any atom is 0.224 e. The van der Waals surface area contributed by atoms with Crippen molar-refractivity contribution >= 4 is 17.2 Å². The van der Waals surface area contributed by atoms with Gasteiger partial charge in [-0.3, -0.25) is 4.79 Å². The molecule has 0 aliphatic carbocycles. The standard InChI is InChI=1S/C14H22N2O2S/c1-15-7-6-14(18)16-8-2-4-11(16)10-12(17)13-5-3-9-19-13/h3,5,9,11-12,15,17H,2,4,6-8,10H2,1H3. The third kappa shape index (κ3) is 3.78. The van der Waals surface area contributed by atoms with Crippen molar-refractivity contribution in [3.05, 3.63) is 22.4 Å². The Morgan fingerprint density at radius 1 is 1.68 bits per heavy atom. The minimum atomic E-state index is -0.442. The van der Waals surface area contributed by atoms with Crippen LogP contribution in [-0.4, -0.2) is 42.1 Å². The zero-order valence-electron chi connectivity index (χ0n) is 11.3. The Morgan fingerprint density at radius 3 is 3.21 bits per heavy atom. The number of aliphatic hydroxyl groups is 1. The summed E-state index contributed by atoms with van der Waals surface area (Å²) in [6, 6.07) is 4.10. The van der Waals surface area contributed by atoms with Gasteiger partial charge in [-0.15, -0.1) is 11.3 Å². The van der Waals surface area contributed by atoms with Crippen LogP contribution in [0.5, 0.6) is 0 Å². The van der Waals surface area contributed by atoms with Crippen LogP contribution in [0.15, 0.2) is 17.5 Å². The normalized spacial score (nSPS) is 20.7. The molecule has 0 saturated carbocycles. The second kappa shape index (κ2) is 7.03. The van der Waals surface area contributed by atoms with E-state index in [1.807, 2.05) is 29.5 Å². The van der Waals surface area contributed by atoms with Crippen LogP contribution in [0.4, 0.5) is 0 Å². The second-order valence-electron chi connectivity index (χ2n) is 5.00. The SMILES string of the molecule is CNCCC(=O)N1CCCC1CC(O)c1cccs1. The maximum absolute atomic E-state index is 12.1. The number of aliphatic hydroxyl groups excluding tert-OH is 1. The van der Waals surface area contributed by atoms with Gasteiger partial charge in [0.25, 0.3) is 0 Å². The average Bonchev–Trinajstić information content (AvgIpc) is 3.06. The topological polar surface area (TPSA) is 52.6 Å². The molecule has 2 N–H and O–H groups in total. The molecule has 2 unspecified atom stereocenters. The number of likely N-dealkylation sites (tertiary alicyclic amines) is 1. The first-order valence-electron chi connectivity index (χ1n) is 6.88. The average molecular weight is 282 g/mol. The number of nitrogens with one attached hydrogen (secondary N) is 1. The summed E-state index contributed by atoms with van der Waals surface area (Å²) in [5, 5.41) is 15.2. The predicted molar refractivity (Wildman–Crippen MR) is 77.2 cm³/mol. The fourth-order valence-electron chi connectivity index (χ4n) is 2.64. The first-order chi connectivity index (χ1) is 9.22. The molecule has 0 bridgehead atoms. The van der Waals surface area contributed by atoms with E-state index in [1.54, 1.807) is 11.3 Å². The van der Waals surface area contributed by atoms with E-state index in [2.05, 4.69) is 5.32 Å². The summed E-state index contributed by atoms with van der Waals surface area (Å²) in [5.74, 6) is 0.204. The lowest BCUT2D eigenvalue weighted by Crippen LogP contribution is -2.37. The van der Waals surface area contributed by atoms with E-state index in [0.29, 0.717) is 12.8 Å². The summed E-state index contributed by atoms with van der Waals surface area (Å²) >= 11 is 1.57. The van der Waals surface area contributed by atoms with Crippen molar-refractivity contribution in [1.29, 1.82) is 0 Å². The molecule has 2 atom stereocenters. The van der Waals surface area contributed by atoms with Crippen molar-refractivity contribution < 1.29 is 9.90 Å². The van der Waals surface area contributed by atoms with Gasteiger partial charge >= 0.3 is 0 Å². The summed E-state index contributed by atoms with van der Waals surface area (Å²) < 4.78 is 0. The minimum Gasteiger partial charge on any atom is -0.387 e. The molecule has 0 aromatic carbocycles. The van der Waals surface area contributed by atoms with Crippen molar-refractivity contribution in [2.24, 2.45) is 0 Å². The fraction of sp³-hybridized carbons (Fsp3) is 0.643. The van der Waals surface area contributed by atoms with Crippen molar-refractivity contribution in [1.82, 2.24) is 10.2 Å². The Hall–Kier alpha value is -0.910. The quantitative estimate of drug-likeness (QED) is 0.836. The molecule has 0 spiro atoms. The molecule has 106 valence electrons. The van der Waals surface area contributed by atoms with Crippen LogP contribution in [0.2, 0.25) is 0 Å². The zero-order valence-corrected chi connectivity index (χ0v) is 12.2. The van der Waals surface area contributed by atoms with Crippen molar-refractivity contribution in [2.45, 2.75) is 37.8 Å². The van der Waals surface area contributed by atoms with Gasteiger partial charge in [0.1, 0.15) is 0 Å². The summed E-state index contributed by atoms with van der Waals surface area (Å²) in [7, 11) is 1.86. The third-order valence-corrected chi connectivity index (χ3v) is 4.63. The van der Waals surface area contributed by atoms with Crippen molar-refractivity contribution in [3.8, 4) is 0 Å². The van der Waals surface area contributed by atoms with E-state index in [0.717, 1.165) is 30.8 Å². The van der Waals surface area contributed by atoms with Gasteiger partial charge in [0.2, 0.25) is 5.91 Å². The van der Waals surface area contributed by atoms with E-state index in [4.69, 9.17) is 0 Å². The Morgan fingerprint density at radius 2 is 2.53 bits per heavy atom. The highest BCUT2D eigenvalue weighted by atomic mass is 32.1. The molecule has 1 amide bonds. The Balaban J connectivity index is 1.90. The Bertz CT molecular complexity index is 394. The molecule has 1 aliphatic heterocycles. The van der Waals surface area contributed by atoms with Gasteiger partial charge in [-0.25, -0.2) is 0 Å². The van der Waals surface area contributed by atoms with E-state index >= 15 is 0 Å². The molecule has 1 aromatic heterocycles. The highest BCUT2D eigenvalue weighted by molar-refractivity contribution is 7.10. The predicted octanol–water partition coefficient (Wildman–Crippen LogP) is 1.77. The van der Waals surface area contributed by atoms with Gasteiger partial charge in [0, 0.05) is 30.4 Å². The van der Waals surface area contributed by atoms with Crippen molar-refractivity contribution in [2.75, 3.05) is 20.1 Å². The first-order valence-corrected chi connectivity index (χ1v) is 7.76. The smallest absolute Gasteiger partial charge is 0.224 e. The molecular formula is C14H22N2O2S. The number of amides is 1. The van der Waals surface area contributed by atoms with E-state index in [9.17, 15) is 9.90 Å².